The Labute approximate surface area is 99.6 Å². The van der Waals surface area contributed by atoms with E-state index in [0.717, 1.165) is 17.3 Å². The minimum atomic E-state index is 0.617. The molecule has 0 aliphatic carbocycles. The molecule has 1 N–H and O–H groups in total. The van der Waals surface area contributed by atoms with Crippen molar-refractivity contribution < 1.29 is 4.74 Å². The summed E-state index contributed by atoms with van der Waals surface area (Å²) in [6.07, 6.45) is 0. The fraction of sp³-hybridized carbons (Fsp3) is 0.364. The minimum Gasteiger partial charge on any atom is -0.494 e. The number of aromatic nitrogens is 4. The van der Waals surface area contributed by atoms with Gasteiger partial charge in [-0.25, -0.2) is 0 Å². The number of hydrogen-bond acceptors (Lipinski definition) is 5. The average Bonchev–Trinajstić information content (AvgIpc) is 2.79. The third-order valence-electron chi connectivity index (χ3n) is 2.24. The van der Waals surface area contributed by atoms with Gasteiger partial charge in [0.1, 0.15) is 5.75 Å². The maximum absolute atomic E-state index is 5.45. The second kappa shape index (κ2) is 5.40. The summed E-state index contributed by atoms with van der Waals surface area (Å²) in [6, 6.07) is 7.69. The van der Waals surface area contributed by atoms with Crippen LogP contribution in [0.25, 0.3) is 5.69 Å². The standard InChI is InChI=1S/C11H15N5O/c1-3-17-10-6-4-5-9(7-10)16-11(8-12-2)13-14-15-16/h4-7,12H,3,8H2,1-2H3. The Morgan fingerprint density at radius 1 is 1.41 bits per heavy atom. The summed E-state index contributed by atoms with van der Waals surface area (Å²) in [5.41, 5.74) is 0.895. The third kappa shape index (κ3) is 2.59. The normalized spacial score (nSPS) is 10.5. The van der Waals surface area contributed by atoms with Crippen LogP contribution in [0, 0.1) is 0 Å². The number of nitrogens with zero attached hydrogens (tertiary/aromatic N) is 4. The fourth-order valence-electron chi connectivity index (χ4n) is 1.55. The SMILES string of the molecule is CCOc1cccc(-n2nnnc2CNC)c1. The molecule has 1 aromatic heterocycles. The first kappa shape index (κ1) is 11.5. The van der Waals surface area contributed by atoms with Gasteiger partial charge in [0.25, 0.3) is 0 Å². The van der Waals surface area contributed by atoms with E-state index in [9.17, 15) is 0 Å². The van der Waals surface area contributed by atoms with Crippen LogP contribution in [0.1, 0.15) is 12.7 Å². The lowest BCUT2D eigenvalue weighted by Gasteiger charge is -2.07. The number of benzene rings is 1. The first-order chi connectivity index (χ1) is 8.35. The second-order valence-electron chi connectivity index (χ2n) is 3.47. The summed E-state index contributed by atoms with van der Waals surface area (Å²) in [6.45, 7) is 3.21. The van der Waals surface area contributed by atoms with Crippen LogP contribution in [0.5, 0.6) is 5.75 Å². The van der Waals surface area contributed by atoms with Crippen molar-refractivity contribution in [3.8, 4) is 11.4 Å². The molecule has 0 radical (unpaired) electrons. The number of tetrazole rings is 1. The molecule has 2 aromatic rings. The Morgan fingerprint density at radius 3 is 3.06 bits per heavy atom. The van der Waals surface area contributed by atoms with Gasteiger partial charge in [0.2, 0.25) is 0 Å². The van der Waals surface area contributed by atoms with Gasteiger partial charge < -0.3 is 10.1 Å². The van der Waals surface area contributed by atoms with E-state index in [2.05, 4.69) is 20.8 Å². The highest BCUT2D eigenvalue weighted by Crippen LogP contribution is 2.16. The van der Waals surface area contributed by atoms with Crippen LogP contribution >= 0.6 is 0 Å². The van der Waals surface area contributed by atoms with E-state index in [4.69, 9.17) is 4.74 Å². The minimum absolute atomic E-state index is 0.617. The summed E-state index contributed by atoms with van der Waals surface area (Å²) in [5, 5.41) is 14.6. The van der Waals surface area contributed by atoms with Gasteiger partial charge in [-0.3, -0.25) is 0 Å². The van der Waals surface area contributed by atoms with Crippen molar-refractivity contribution in [2.45, 2.75) is 13.5 Å². The van der Waals surface area contributed by atoms with Crippen LogP contribution in [0.3, 0.4) is 0 Å². The maximum Gasteiger partial charge on any atom is 0.170 e. The van der Waals surface area contributed by atoms with E-state index in [1.165, 1.54) is 0 Å². The molecule has 0 atom stereocenters. The maximum atomic E-state index is 5.45. The van der Waals surface area contributed by atoms with E-state index in [1.807, 2.05) is 38.2 Å². The molecule has 0 aliphatic rings. The predicted molar refractivity (Wildman–Crippen MR) is 63.1 cm³/mol. The lowest BCUT2D eigenvalue weighted by atomic mass is 10.3. The van der Waals surface area contributed by atoms with Crippen molar-refractivity contribution in [1.29, 1.82) is 0 Å². The largest absolute Gasteiger partial charge is 0.494 e. The van der Waals surface area contributed by atoms with Crippen LogP contribution in [-0.2, 0) is 6.54 Å². The van der Waals surface area contributed by atoms with Gasteiger partial charge in [-0.1, -0.05) is 6.07 Å². The van der Waals surface area contributed by atoms with Gasteiger partial charge >= 0.3 is 0 Å². The zero-order chi connectivity index (χ0) is 12.1. The van der Waals surface area contributed by atoms with Crippen LogP contribution in [0.2, 0.25) is 0 Å². The van der Waals surface area contributed by atoms with E-state index < -0.39 is 0 Å². The molecule has 2 rings (SSSR count). The van der Waals surface area contributed by atoms with Crippen molar-refractivity contribution in [1.82, 2.24) is 25.5 Å². The zero-order valence-corrected chi connectivity index (χ0v) is 9.92. The van der Waals surface area contributed by atoms with Gasteiger partial charge in [0.05, 0.1) is 18.8 Å². The van der Waals surface area contributed by atoms with Crippen LogP contribution < -0.4 is 10.1 Å². The Bertz CT molecular complexity index is 482. The van der Waals surface area contributed by atoms with E-state index in [0.29, 0.717) is 13.2 Å². The first-order valence-electron chi connectivity index (χ1n) is 5.50. The van der Waals surface area contributed by atoms with Crippen molar-refractivity contribution in [2.75, 3.05) is 13.7 Å². The molecule has 1 heterocycles. The van der Waals surface area contributed by atoms with Gasteiger partial charge in [0, 0.05) is 6.07 Å². The van der Waals surface area contributed by atoms with Crippen molar-refractivity contribution in [2.24, 2.45) is 0 Å². The molecule has 0 bridgehead atoms. The Morgan fingerprint density at radius 2 is 2.29 bits per heavy atom. The molecule has 0 aliphatic heterocycles. The Hall–Kier alpha value is -1.95. The smallest absolute Gasteiger partial charge is 0.170 e. The lowest BCUT2D eigenvalue weighted by Crippen LogP contribution is -2.12. The third-order valence-corrected chi connectivity index (χ3v) is 2.24. The van der Waals surface area contributed by atoms with E-state index in [-0.39, 0.29) is 0 Å². The number of hydrogen-bond donors (Lipinski definition) is 1. The lowest BCUT2D eigenvalue weighted by molar-refractivity contribution is 0.340. The first-order valence-corrected chi connectivity index (χ1v) is 5.50. The van der Waals surface area contributed by atoms with Gasteiger partial charge in [-0.05, 0) is 36.5 Å². The predicted octanol–water partition coefficient (Wildman–Crippen LogP) is 0.780. The summed E-state index contributed by atoms with van der Waals surface area (Å²) in [7, 11) is 1.86. The second-order valence-corrected chi connectivity index (χ2v) is 3.47. The molecule has 6 heteroatoms. The average molecular weight is 233 g/mol. The Balaban J connectivity index is 2.31. The summed E-state index contributed by atoms with van der Waals surface area (Å²) in [5.74, 6) is 1.58. The number of nitrogens with one attached hydrogen (secondary N) is 1. The highest BCUT2D eigenvalue weighted by molar-refractivity contribution is 5.38. The molecule has 0 spiro atoms. The molecular weight excluding hydrogens is 218 g/mol. The molecule has 6 nitrogen and oxygen atoms in total. The Kier molecular flexibility index (Phi) is 3.66. The molecule has 0 amide bonds. The molecule has 0 unspecified atom stereocenters. The molecular formula is C11H15N5O. The van der Waals surface area contributed by atoms with E-state index >= 15 is 0 Å². The van der Waals surface area contributed by atoms with Crippen molar-refractivity contribution in [3.63, 3.8) is 0 Å². The number of rotatable bonds is 5. The van der Waals surface area contributed by atoms with Gasteiger partial charge in [-0.2, -0.15) is 4.68 Å². The highest BCUT2D eigenvalue weighted by Gasteiger charge is 2.07. The molecule has 90 valence electrons. The molecule has 17 heavy (non-hydrogen) atoms. The summed E-state index contributed by atoms with van der Waals surface area (Å²) < 4.78 is 7.14. The monoisotopic (exact) mass is 233 g/mol. The van der Waals surface area contributed by atoms with Crippen LogP contribution in [0.4, 0.5) is 0 Å². The van der Waals surface area contributed by atoms with Crippen molar-refractivity contribution >= 4 is 0 Å². The highest BCUT2D eigenvalue weighted by atomic mass is 16.5. The van der Waals surface area contributed by atoms with Crippen molar-refractivity contribution in [3.05, 3.63) is 30.1 Å². The zero-order valence-electron chi connectivity index (χ0n) is 9.92. The van der Waals surface area contributed by atoms with Gasteiger partial charge in [-0.15, -0.1) is 5.10 Å². The molecule has 0 saturated heterocycles. The quantitative estimate of drug-likeness (QED) is 0.826. The topological polar surface area (TPSA) is 64.9 Å². The van der Waals surface area contributed by atoms with Gasteiger partial charge in [0.15, 0.2) is 5.82 Å². The molecule has 0 fully saturated rings. The number of ether oxygens (including phenoxy) is 1. The van der Waals surface area contributed by atoms with E-state index in [1.54, 1.807) is 4.68 Å². The summed E-state index contributed by atoms with van der Waals surface area (Å²) in [4.78, 5) is 0. The molecule has 0 saturated carbocycles. The summed E-state index contributed by atoms with van der Waals surface area (Å²) >= 11 is 0. The van der Waals surface area contributed by atoms with Crippen LogP contribution in [-0.4, -0.2) is 33.9 Å². The van der Waals surface area contributed by atoms with Crippen LogP contribution in [0.15, 0.2) is 24.3 Å². The fourth-order valence-corrected chi connectivity index (χ4v) is 1.55. The molecule has 1 aromatic carbocycles.